The quantitative estimate of drug-likeness (QED) is 0.412. The summed E-state index contributed by atoms with van der Waals surface area (Å²) in [5.74, 6) is -2.22. The van der Waals surface area contributed by atoms with Gasteiger partial charge in [-0.05, 0) is 30.1 Å². The summed E-state index contributed by atoms with van der Waals surface area (Å²) < 4.78 is 0. The number of Topliss-reactive ketones (excluding diaryl/α,β-unsaturated/α-hetero) is 2. The van der Waals surface area contributed by atoms with Crippen molar-refractivity contribution in [3.05, 3.63) is 0 Å². The van der Waals surface area contributed by atoms with E-state index in [0.29, 0.717) is 19.4 Å². The molecular formula is C24H39N3O6. The van der Waals surface area contributed by atoms with Crippen LogP contribution in [0.1, 0.15) is 78.1 Å². The number of fused-ring (bicyclic) bond motifs is 3. The summed E-state index contributed by atoms with van der Waals surface area (Å²) in [4.78, 5) is 60.4. The topological polar surface area (TPSA) is 161 Å². The number of rotatable bonds is 2. The molecule has 9 heteroatoms. The van der Waals surface area contributed by atoms with Gasteiger partial charge in [-0.1, -0.05) is 58.8 Å². The molecule has 0 spiro atoms. The maximum Gasteiger partial charge on any atom is 0.290 e. The Morgan fingerprint density at radius 2 is 1.55 bits per heavy atom. The Morgan fingerprint density at radius 1 is 1.03 bits per heavy atom. The third kappa shape index (κ3) is 6.40. The molecule has 0 aromatic heterocycles. The highest BCUT2D eigenvalue weighted by Crippen LogP contribution is 2.65. The predicted octanol–water partition coefficient (Wildman–Crippen LogP) is 1.65. The zero-order chi connectivity index (χ0) is 24.8. The number of primary amides is 1. The van der Waals surface area contributed by atoms with Gasteiger partial charge in [-0.3, -0.25) is 24.0 Å². The first-order valence-corrected chi connectivity index (χ1v) is 12.1. The maximum atomic E-state index is 13.4. The van der Waals surface area contributed by atoms with Crippen molar-refractivity contribution < 1.29 is 29.1 Å². The number of ketones is 2. The molecule has 3 fully saturated rings. The number of carbonyl (C=O) groups excluding carboxylic acids is 4. The van der Waals surface area contributed by atoms with Gasteiger partial charge in [0.25, 0.3) is 12.4 Å². The van der Waals surface area contributed by atoms with Crippen LogP contribution in [-0.4, -0.2) is 58.5 Å². The van der Waals surface area contributed by atoms with Crippen LogP contribution in [-0.2, 0) is 24.0 Å². The number of hydrogen-bond acceptors (Lipinski definition) is 6. The van der Waals surface area contributed by atoms with Crippen molar-refractivity contribution in [1.82, 2.24) is 4.90 Å². The van der Waals surface area contributed by atoms with Crippen molar-refractivity contribution in [1.29, 1.82) is 0 Å². The van der Waals surface area contributed by atoms with Gasteiger partial charge in [0.05, 0.1) is 12.1 Å². The lowest BCUT2D eigenvalue weighted by atomic mass is 9.86. The second kappa shape index (κ2) is 11.7. The minimum absolute atomic E-state index is 0.00519. The molecule has 5 N–H and O–H groups in total. The minimum atomic E-state index is -0.979. The highest BCUT2D eigenvalue weighted by molar-refractivity contribution is 6.36. The second-order valence-corrected chi connectivity index (χ2v) is 10.2. The predicted molar refractivity (Wildman–Crippen MR) is 122 cm³/mol. The van der Waals surface area contributed by atoms with E-state index in [1.54, 1.807) is 4.90 Å². The summed E-state index contributed by atoms with van der Waals surface area (Å²) in [5.41, 5.74) is 11.5. The number of carbonyl (C=O) groups is 5. The van der Waals surface area contributed by atoms with Crippen molar-refractivity contribution >= 4 is 29.9 Å². The summed E-state index contributed by atoms with van der Waals surface area (Å²) in [6, 6.07) is -1.13. The molecule has 2 aliphatic heterocycles. The van der Waals surface area contributed by atoms with E-state index in [0.717, 1.165) is 44.9 Å². The summed E-state index contributed by atoms with van der Waals surface area (Å²) in [6.07, 6.45) is 8.11. The van der Waals surface area contributed by atoms with Crippen molar-refractivity contribution in [2.24, 2.45) is 34.6 Å². The first-order chi connectivity index (χ1) is 15.6. The fraction of sp³-hybridized carbons (Fsp3) is 0.792. The number of nitrogens with zero attached hydrogens (tertiary/aromatic N) is 1. The monoisotopic (exact) mass is 465 g/mol. The standard InChI is InChI=1S/C23H37N3O4.CH2O2/c1-23(2)15-13-26-19(18(15)23)17(27)12-14(20(28)21(25)29)10-8-6-4-3-5-7-9-11-16(24)22(26)30;2-1-3/h14-16,18-19H,3-13,24H2,1-2H3,(H2,25,29);1H,(H,2,3)/t14-,15+,16+,18+,19-;/m1./s1. The van der Waals surface area contributed by atoms with E-state index in [2.05, 4.69) is 13.8 Å². The van der Waals surface area contributed by atoms with Crippen LogP contribution in [0, 0.1) is 23.2 Å². The Hall–Kier alpha value is -2.29. The van der Waals surface area contributed by atoms with E-state index >= 15 is 0 Å². The lowest BCUT2D eigenvalue weighted by Gasteiger charge is -2.32. The molecule has 1 saturated carbocycles. The molecule has 33 heavy (non-hydrogen) atoms. The van der Waals surface area contributed by atoms with Crippen LogP contribution in [0.15, 0.2) is 0 Å². The highest BCUT2D eigenvalue weighted by Gasteiger charge is 2.69. The van der Waals surface area contributed by atoms with Gasteiger partial charge in [0.15, 0.2) is 5.78 Å². The van der Waals surface area contributed by atoms with Crippen LogP contribution in [0.3, 0.4) is 0 Å². The molecule has 1 aliphatic carbocycles. The van der Waals surface area contributed by atoms with E-state index in [1.165, 1.54) is 0 Å². The van der Waals surface area contributed by atoms with Gasteiger partial charge < -0.3 is 21.5 Å². The van der Waals surface area contributed by atoms with Crippen molar-refractivity contribution in [3.63, 3.8) is 0 Å². The van der Waals surface area contributed by atoms with Gasteiger partial charge >= 0.3 is 0 Å². The van der Waals surface area contributed by atoms with Gasteiger partial charge in [0, 0.05) is 18.9 Å². The second-order valence-electron chi connectivity index (χ2n) is 10.2. The Bertz CT molecular complexity index is 752. The molecule has 186 valence electrons. The molecule has 0 aromatic rings. The lowest BCUT2D eigenvalue weighted by Crippen LogP contribution is -2.52. The lowest BCUT2D eigenvalue weighted by molar-refractivity contribution is -0.143. The van der Waals surface area contributed by atoms with E-state index in [9.17, 15) is 19.2 Å². The average Bonchev–Trinajstić information content (AvgIpc) is 3.10. The minimum Gasteiger partial charge on any atom is -0.483 e. The number of carboxylic acid groups (broad SMARTS) is 1. The van der Waals surface area contributed by atoms with Gasteiger partial charge in [-0.2, -0.15) is 0 Å². The highest BCUT2D eigenvalue weighted by atomic mass is 16.3. The molecule has 0 radical (unpaired) electrons. The molecule has 3 rings (SSSR count). The molecule has 2 saturated heterocycles. The molecule has 2 amide bonds. The molecule has 5 atom stereocenters. The van der Waals surface area contributed by atoms with Gasteiger partial charge in [0.2, 0.25) is 11.7 Å². The summed E-state index contributed by atoms with van der Waals surface area (Å²) in [7, 11) is 0. The Labute approximate surface area is 195 Å². The van der Waals surface area contributed by atoms with E-state index < -0.39 is 29.7 Å². The van der Waals surface area contributed by atoms with Crippen LogP contribution in [0.25, 0.3) is 0 Å². The fourth-order valence-corrected chi connectivity index (χ4v) is 5.75. The molecule has 9 nitrogen and oxygen atoms in total. The fourth-order valence-electron chi connectivity index (χ4n) is 5.75. The van der Waals surface area contributed by atoms with Crippen LogP contribution >= 0.6 is 0 Å². The Kier molecular flexibility index (Phi) is 9.57. The van der Waals surface area contributed by atoms with E-state index in [1.807, 2.05) is 0 Å². The maximum absolute atomic E-state index is 13.4. The molecule has 0 unspecified atom stereocenters. The van der Waals surface area contributed by atoms with Gasteiger partial charge in [-0.15, -0.1) is 0 Å². The molecule has 0 bridgehead atoms. The van der Waals surface area contributed by atoms with Crippen LogP contribution in [0.5, 0.6) is 0 Å². The number of hydrogen-bond donors (Lipinski definition) is 3. The molecule has 3 aliphatic rings. The van der Waals surface area contributed by atoms with E-state index in [-0.39, 0.29) is 41.8 Å². The van der Waals surface area contributed by atoms with Gasteiger partial charge in [0.1, 0.15) is 0 Å². The van der Waals surface area contributed by atoms with Crippen molar-refractivity contribution in [2.75, 3.05) is 6.54 Å². The van der Waals surface area contributed by atoms with Crippen molar-refractivity contribution in [3.8, 4) is 0 Å². The molecule has 0 aromatic carbocycles. The van der Waals surface area contributed by atoms with Crippen LogP contribution in [0.2, 0.25) is 0 Å². The molecule has 2 heterocycles. The van der Waals surface area contributed by atoms with Crippen molar-refractivity contribution in [2.45, 2.75) is 90.1 Å². The van der Waals surface area contributed by atoms with E-state index in [4.69, 9.17) is 21.4 Å². The molecular weight excluding hydrogens is 426 g/mol. The van der Waals surface area contributed by atoms with Crippen LogP contribution in [0.4, 0.5) is 0 Å². The first kappa shape index (κ1) is 27.0. The zero-order valence-electron chi connectivity index (χ0n) is 19.8. The third-order valence-electron chi connectivity index (χ3n) is 7.77. The summed E-state index contributed by atoms with van der Waals surface area (Å²) >= 11 is 0. The smallest absolute Gasteiger partial charge is 0.290 e. The Balaban J connectivity index is 0.00000122. The van der Waals surface area contributed by atoms with Crippen LogP contribution < -0.4 is 11.5 Å². The number of piperidine rings is 1. The normalized spacial score (nSPS) is 32.6. The summed E-state index contributed by atoms with van der Waals surface area (Å²) in [6.45, 7) is 4.56. The number of amides is 2. The SMILES string of the molecule is CC1(C)[C@@H]2[C@H]3C(=O)C[C@H](C(=O)C(N)=O)CCCCCCCCC[C@H](N)C(=O)N3C[C@@H]21.O=CO. The summed E-state index contributed by atoms with van der Waals surface area (Å²) in [5, 5.41) is 6.89. The largest absolute Gasteiger partial charge is 0.483 e. The Morgan fingerprint density at radius 3 is 2.09 bits per heavy atom. The number of nitrogens with two attached hydrogens (primary N) is 2. The third-order valence-corrected chi connectivity index (χ3v) is 7.77. The average molecular weight is 466 g/mol. The first-order valence-electron chi connectivity index (χ1n) is 12.1. The zero-order valence-corrected chi connectivity index (χ0v) is 19.8. The van der Waals surface area contributed by atoms with Gasteiger partial charge in [-0.25, -0.2) is 0 Å².